The van der Waals surface area contributed by atoms with Crippen molar-refractivity contribution < 1.29 is 9.90 Å². The van der Waals surface area contributed by atoms with E-state index < -0.39 is 5.97 Å². The zero-order valence-electron chi connectivity index (χ0n) is 11.2. The third-order valence-electron chi connectivity index (χ3n) is 3.42. The van der Waals surface area contributed by atoms with E-state index in [1.165, 1.54) is 0 Å². The summed E-state index contributed by atoms with van der Waals surface area (Å²) in [6, 6.07) is 5.19. The number of carbonyl (C=O) groups is 1. The Hall–Kier alpha value is -2.63. The van der Waals surface area contributed by atoms with Crippen molar-refractivity contribution >= 4 is 17.0 Å². The van der Waals surface area contributed by atoms with Crippen molar-refractivity contribution in [3.63, 3.8) is 0 Å². The molecule has 0 unspecified atom stereocenters. The summed E-state index contributed by atoms with van der Waals surface area (Å²) in [5.74, 6) is 0.710. The van der Waals surface area contributed by atoms with Gasteiger partial charge in [0.15, 0.2) is 0 Å². The highest BCUT2D eigenvalue weighted by Gasteiger charge is 2.15. The number of imidazole rings is 2. The van der Waals surface area contributed by atoms with Crippen LogP contribution in [0.25, 0.3) is 11.0 Å². The lowest BCUT2D eigenvalue weighted by atomic mass is 10.2. The van der Waals surface area contributed by atoms with Gasteiger partial charge in [-0.1, -0.05) is 6.07 Å². The second-order valence-corrected chi connectivity index (χ2v) is 4.68. The second kappa shape index (κ2) is 4.48. The van der Waals surface area contributed by atoms with Gasteiger partial charge >= 0.3 is 5.97 Å². The molecule has 1 aromatic carbocycles. The number of fused-ring (bicyclic) bond motifs is 1. The first kappa shape index (κ1) is 12.4. The van der Waals surface area contributed by atoms with E-state index in [2.05, 4.69) is 9.97 Å². The number of benzene rings is 1. The van der Waals surface area contributed by atoms with Crippen LogP contribution in [-0.4, -0.2) is 30.2 Å². The Bertz CT molecular complexity index is 801. The van der Waals surface area contributed by atoms with Crippen molar-refractivity contribution in [2.24, 2.45) is 7.05 Å². The molecular weight excluding hydrogens is 256 g/mol. The normalized spacial score (nSPS) is 11.1. The van der Waals surface area contributed by atoms with Crippen molar-refractivity contribution in [3.05, 3.63) is 47.8 Å². The van der Waals surface area contributed by atoms with Crippen LogP contribution in [0.2, 0.25) is 0 Å². The summed E-state index contributed by atoms with van der Waals surface area (Å²) in [5.41, 5.74) is 1.56. The topological polar surface area (TPSA) is 72.9 Å². The van der Waals surface area contributed by atoms with Gasteiger partial charge in [0.05, 0.1) is 17.6 Å². The van der Waals surface area contributed by atoms with E-state index in [-0.39, 0.29) is 5.56 Å². The van der Waals surface area contributed by atoms with Crippen LogP contribution in [0, 0.1) is 6.92 Å². The second-order valence-electron chi connectivity index (χ2n) is 4.68. The van der Waals surface area contributed by atoms with Gasteiger partial charge in [-0.3, -0.25) is 0 Å². The van der Waals surface area contributed by atoms with Gasteiger partial charge < -0.3 is 14.2 Å². The number of para-hydroxylation sites is 1. The van der Waals surface area contributed by atoms with E-state index in [4.69, 9.17) is 0 Å². The first-order chi connectivity index (χ1) is 9.58. The number of carboxylic acids is 1. The molecule has 0 amide bonds. The van der Waals surface area contributed by atoms with Gasteiger partial charge in [0.1, 0.15) is 17.2 Å². The Labute approximate surface area is 115 Å². The van der Waals surface area contributed by atoms with Crippen LogP contribution in [0.1, 0.15) is 22.0 Å². The molecule has 0 aliphatic carbocycles. The molecule has 0 radical (unpaired) electrons. The lowest BCUT2D eigenvalue weighted by molar-refractivity contribution is 0.0699. The minimum absolute atomic E-state index is 0.226. The van der Waals surface area contributed by atoms with E-state index in [1.54, 1.807) is 18.3 Å². The van der Waals surface area contributed by atoms with Crippen LogP contribution in [0.4, 0.5) is 0 Å². The highest BCUT2D eigenvalue weighted by Crippen LogP contribution is 2.21. The van der Waals surface area contributed by atoms with Gasteiger partial charge in [0, 0.05) is 19.4 Å². The van der Waals surface area contributed by atoms with Crippen LogP contribution in [0.3, 0.4) is 0 Å². The first-order valence-electron chi connectivity index (χ1n) is 6.23. The highest BCUT2D eigenvalue weighted by atomic mass is 16.4. The fourth-order valence-corrected chi connectivity index (χ4v) is 2.33. The standard InChI is InChI=1S/C14H14N4O2/c1-9-16-13-10(14(19)20)4-3-5-11(13)18(9)8-12-15-6-7-17(12)2/h3-7H,8H2,1-2H3,(H,19,20). The quantitative estimate of drug-likeness (QED) is 0.788. The third kappa shape index (κ3) is 1.85. The van der Waals surface area contributed by atoms with E-state index in [1.807, 2.05) is 35.4 Å². The van der Waals surface area contributed by atoms with Crippen LogP contribution < -0.4 is 0 Å². The van der Waals surface area contributed by atoms with Gasteiger partial charge in [-0.2, -0.15) is 0 Å². The molecule has 0 fully saturated rings. The van der Waals surface area contributed by atoms with Crippen molar-refractivity contribution in [2.75, 3.05) is 0 Å². The highest BCUT2D eigenvalue weighted by molar-refractivity contribution is 6.01. The Kier molecular flexibility index (Phi) is 2.78. The maximum Gasteiger partial charge on any atom is 0.337 e. The summed E-state index contributed by atoms with van der Waals surface area (Å²) < 4.78 is 3.91. The summed E-state index contributed by atoms with van der Waals surface area (Å²) >= 11 is 0. The number of aryl methyl sites for hydroxylation is 2. The van der Waals surface area contributed by atoms with Crippen molar-refractivity contribution in [1.29, 1.82) is 0 Å². The molecule has 6 nitrogen and oxygen atoms in total. The average molecular weight is 270 g/mol. The van der Waals surface area contributed by atoms with Gasteiger partial charge in [-0.05, 0) is 19.1 Å². The van der Waals surface area contributed by atoms with Crippen LogP contribution in [0.15, 0.2) is 30.6 Å². The minimum Gasteiger partial charge on any atom is -0.478 e. The van der Waals surface area contributed by atoms with Gasteiger partial charge in [-0.25, -0.2) is 14.8 Å². The van der Waals surface area contributed by atoms with E-state index in [0.717, 1.165) is 17.2 Å². The fraction of sp³-hybridized carbons (Fsp3) is 0.214. The van der Waals surface area contributed by atoms with Crippen LogP contribution in [0.5, 0.6) is 0 Å². The Morgan fingerprint density at radius 2 is 2.20 bits per heavy atom. The SMILES string of the molecule is Cc1nc2c(C(=O)O)cccc2n1Cc1nccn1C. The van der Waals surface area contributed by atoms with Gasteiger partial charge in [-0.15, -0.1) is 0 Å². The van der Waals surface area contributed by atoms with Gasteiger partial charge in [0.25, 0.3) is 0 Å². The molecule has 20 heavy (non-hydrogen) atoms. The first-order valence-corrected chi connectivity index (χ1v) is 6.23. The maximum absolute atomic E-state index is 11.2. The summed E-state index contributed by atoms with van der Waals surface area (Å²) in [7, 11) is 1.93. The van der Waals surface area contributed by atoms with E-state index in [9.17, 15) is 9.90 Å². The largest absolute Gasteiger partial charge is 0.478 e. The molecule has 0 bridgehead atoms. The van der Waals surface area contributed by atoms with E-state index in [0.29, 0.717) is 12.1 Å². The molecule has 3 aromatic rings. The Morgan fingerprint density at radius 3 is 2.85 bits per heavy atom. The minimum atomic E-state index is -0.961. The predicted molar refractivity (Wildman–Crippen MR) is 73.7 cm³/mol. The number of rotatable bonds is 3. The molecule has 102 valence electrons. The molecule has 1 N–H and O–H groups in total. The summed E-state index contributed by atoms with van der Waals surface area (Å²) in [6.45, 7) is 2.43. The monoisotopic (exact) mass is 270 g/mol. The number of aromatic carboxylic acids is 1. The zero-order valence-corrected chi connectivity index (χ0v) is 11.2. The number of hydrogen-bond acceptors (Lipinski definition) is 3. The number of aromatic nitrogens is 4. The Morgan fingerprint density at radius 1 is 1.40 bits per heavy atom. The maximum atomic E-state index is 11.2. The third-order valence-corrected chi connectivity index (χ3v) is 3.42. The smallest absolute Gasteiger partial charge is 0.337 e. The number of carboxylic acid groups (broad SMARTS) is 1. The Balaban J connectivity index is 2.17. The molecule has 3 rings (SSSR count). The summed E-state index contributed by atoms with van der Waals surface area (Å²) in [4.78, 5) is 19.9. The summed E-state index contributed by atoms with van der Waals surface area (Å²) in [5, 5.41) is 9.22. The lowest BCUT2D eigenvalue weighted by Gasteiger charge is -2.07. The van der Waals surface area contributed by atoms with Crippen LogP contribution in [-0.2, 0) is 13.6 Å². The molecule has 0 saturated carbocycles. The molecule has 0 atom stereocenters. The average Bonchev–Trinajstić information content (AvgIpc) is 2.94. The van der Waals surface area contributed by atoms with Crippen molar-refractivity contribution in [3.8, 4) is 0 Å². The molecular formula is C14H14N4O2. The van der Waals surface area contributed by atoms with E-state index >= 15 is 0 Å². The van der Waals surface area contributed by atoms with Gasteiger partial charge in [0.2, 0.25) is 0 Å². The van der Waals surface area contributed by atoms with Crippen molar-refractivity contribution in [1.82, 2.24) is 19.1 Å². The lowest BCUT2D eigenvalue weighted by Crippen LogP contribution is -2.07. The molecule has 0 spiro atoms. The molecule has 2 heterocycles. The number of nitrogens with zero attached hydrogens (tertiary/aromatic N) is 4. The molecule has 0 aliphatic rings. The van der Waals surface area contributed by atoms with Crippen LogP contribution >= 0.6 is 0 Å². The predicted octanol–water partition coefficient (Wildman–Crippen LogP) is 1.82. The molecule has 6 heteroatoms. The molecule has 0 saturated heterocycles. The summed E-state index contributed by atoms with van der Waals surface area (Å²) in [6.07, 6.45) is 3.62. The number of hydrogen-bond donors (Lipinski definition) is 1. The molecule has 0 aliphatic heterocycles. The zero-order chi connectivity index (χ0) is 14.3. The molecule has 2 aromatic heterocycles. The van der Waals surface area contributed by atoms with Crippen molar-refractivity contribution in [2.45, 2.75) is 13.5 Å². The fourth-order valence-electron chi connectivity index (χ4n) is 2.33.